The molecular weight excluding hydrogens is 388 g/mol. The normalized spacial score (nSPS) is 10.7. The summed E-state index contributed by atoms with van der Waals surface area (Å²) in [5.41, 5.74) is 5.65. The fraction of sp³-hybridized carbons (Fsp3) is 0.130. The van der Waals surface area contributed by atoms with Gasteiger partial charge in [0.1, 0.15) is 18.1 Å². The summed E-state index contributed by atoms with van der Waals surface area (Å²) in [5.74, 6) is 0.845. The lowest BCUT2D eigenvalue weighted by atomic mass is 10.1. The number of carbonyl (C=O) groups excluding carboxylic acids is 1. The van der Waals surface area contributed by atoms with Gasteiger partial charge >= 0.3 is 0 Å². The van der Waals surface area contributed by atoms with Gasteiger partial charge < -0.3 is 9.47 Å². The number of ether oxygens (including phenoxy) is 2. The van der Waals surface area contributed by atoms with Gasteiger partial charge in [-0.25, -0.2) is 5.43 Å². The average Bonchev–Trinajstić information content (AvgIpc) is 2.73. The number of hydrogen-bond donors (Lipinski definition) is 1. The summed E-state index contributed by atoms with van der Waals surface area (Å²) in [6.45, 7) is 2.30. The number of nitrogens with one attached hydrogen (secondary N) is 1. The SMILES string of the molecule is COc1cc(C)ccc1C(=O)N/N=C\c1cccc(OCc2ccccc2Cl)c1. The van der Waals surface area contributed by atoms with Gasteiger partial charge in [-0.3, -0.25) is 4.79 Å². The number of nitrogens with zero attached hydrogens (tertiary/aromatic N) is 1. The van der Waals surface area contributed by atoms with Crippen molar-refractivity contribution in [1.29, 1.82) is 0 Å². The third-order valence-corrected chi connectivity index (χ3v) is 4.56. The first-order chi connectivity index (χ1) is 14.1. The number of benzene rings is 3. The summed E-state index contributed by atoms with van der Waals surface area (Å²) < 4.78 is 11.1. The van der Waals surface area contributed by atoms with Gasteiger partial charge in [0.2, 0.25) is 0 Å². The van der Waals surface area contributed by atoms with E-state index in [-0.39, 0.29) is 5.91 Å². The molecule has 5 nitrogen and oxygen atoms in total. The molecule has 0 heterocycles. The number of carbonyl (C=O) groups is 1. The molecule has 3 aromatic rings. The minimum absolute atomic E-state index is 0.343. The van der Waals surface area contributed by atoms with E-state index in [1.807, 2.05) is 61.5 Å². The van der Waals surface area contributed by atoms with Crippen LogP contribution >= 0.6 is 11.6 Å². The van der Waals surface area contributed by atoms with Crippen molar-refractivity contribution < 1.29 is 14.3 Å². The molecule has 0 aromatic heterocycles. The van der Waals surface area contributed by atoms with E-state index >= 15 is 0 Å². The second-order valence-electron chi connectivity index (χ2n) is 6.36. The predicted octanol–water partition coefficient (Wildman–Crippen LogP) is 5.00. The predicted molar refractivity (Wildman–Crippen MR) is 115 cm³/mol. The topological polar surface area (TPSA) is 59.9 Å². The Morgan fingerprint density at radius 2 is 1.93 bits per heavy atom. The van der Waals surface area contributed by atoms with Crippen LogP contribution in [-0.2, 0) is 6.61 Å². The molecule has 1 amide bonds. The minimum atomic E-state index is -0.343. The van der Waals surface area contributed by atoms with Gasteiger partial charge in [0, 0.05) is 10.6 Å². The highest BCUT2D eigenvalue weighted by Gasteiger charge is 2.11. The van der Waals surface area contributed by atoms with Gasteiger partial charge in [-0.1, -0.05) is 48.0 Å². The first kappa shape index (κ1) is 20.4. The summed E-state index contributed by atoms with van der Waals surface area (Å²) >= 11 is 6.15. The summed E-state index contributed by atoms with van der Waals surface area (Å²) in [6.07, 6.45) is 1.56. The lowest BCUT2D eigenvalue weighted by Crippen LogP contribution is -2.18. The molecule has 0 aliphatic rings. The highest BCUT2D eigenvalue weighted by Crippen LogP contribution is 2.20. The van der Waals surface area contributed by atoms with Crippen molar-refractivity contribution in [3.05, 3.63) is 94.0 Å². The second-order valence-corrected chi connectivity index (χ2v) is 6.76. The van der Waals surface area contributed by atoms with Crippen molar-refractivity contribution in [1.82, 2.24) is 5.43 Å². The first-order valence-electron chi connectivity index (χ1n) is 9.01. The van der Waals surface area contributed by atoms with Crippen LogP contribution in [0.25, 0.3) is 0 Å². The van der Waals surface area contributed by atoms with Crippen LogP contribution < -0.4 is 14.9 Å². The second kappa shape index (κ2) is 9.75. The number of hydrogen-bond acceptors (Lipinski definition) is 4. The van der Waals surface area contributed by atoms with Crippen molar-refractivity contribution in [2.75, 3.05) is 7.11 Å². The zero-order chi connectivity index (χ0) is 20.6. The Balaban J connectivity index is 1.62. The molecule has 6 heteroatoms. The number of aryl methyl sites for hydroxylation is 1. The molecule has 0 fully saturated rings. The number of methoxy groups -OCH3 is 1. The summed E-state index contributed by atoms with van der Waals surface area (Å²) in [4.78, 5) is 12.3. The Labute approximate surface area is 174 Å². The maximum absolute atomic E-state index is 12.3. The van der Waals surface area contributed by atoms with Crippen LogP contribution in [-0.4, -0.2) is 19.2 Å². The van der Waals surface area contributed by atoms with Crippen LogP contribution in [0.3, 0.4) is 0 Å². The van der Waals surface area contributed by atoms with Crippen LogP contribution in [0, 0.1) is 6.92 Å². The molecule has 0 radical (unpaired) electrons. The summed E-state index contributed by atoms with van der Waals surface area (Å²) in [7, 11) is 1.53. The highest BCUT2D eigenvalue weighted by atomic mass is 35.5. The van der Waals surface area contributed by atoms with Crippen molar-refractivity contribution in [3.8, 4) is 11.5 Å². The number of hydrazone groups is 1. The molecule has 0 aliphatic carbocycles. The van der Waals surface area contributed by atoms with Gasteiger partial charge in [0.05, 0.1) is 18.9 Å². The molecule has 0 aliphatic heterocycles. The lowest BCUT2D eigenvalue weighted by molar-refractivity contribution is 0.0952. The van der Waals surface area contributed by atoms with Crippen LogP contribution in [0.2, 0.25) is 5.02 Å². The zero-order valence-electron chi connectivity index (χ0n) is 16.2. The molecular formula is C23H21ClN2O3. The van der Waals surface area contributed by atoms with E-state index < -0.39 is 0 Å². The minimum Gasteiger partial charge on any atom is -0.496 e. The average molecular weight is 409 g/mol. The van der Waals surface area contributed by atoms with Crippen LogP contribution in [0.1, 0.15) is 27.0 Å². The van der Waals surface area contributed by atoms with E-state index in [4.69, 9.17) is 21.1 Å². The molecule has 3 aromatic carbocycles. The van der Waals surface area contributed by atoms with Crippen LogP contribution in [0.5, 0.6) is 11.5 Å². The van der Waals surface area contributed by atoms with Gasteiger partial charge in [0.15, 0.2) is 0 Å². The molecule has 3 rings (SSSR count). The maximum Gasteiger partial charge on any atom is 0.275 e. The number of halogens is 1. The Bertz CT molecular complexity index is 1030. The van der Waals surface area contributed by atoms with Crippen LogP contribution in [0.15, 0.2) is 71.8 Å². The molecule has 1 N–H and O–H groups in total. The van der Waals surface area contributed by atoms with Gasteiger partial charge in [-0.2, -0.15) is 5.10 Å². The van der Waals surface area contributed by atoms with E-state index in [1.54, 1.807) is 18.3 Å². The highest BCUT2D eigenvalue weighted by molar-refractivity contribution is 6.31. The molecule has 0 bridgehead atoms. The monoisotopic (exact) mass is 408 g/mol. The van der Waals surface area contributed by atoms with Crippen molar-refractivity contribution in [3.63, 3.8) is 0 Å². The summed E-state index contributed by atoms with van der Waals surface area (Å²) in [6, 6.07) is 20.3. The largest absolute Gasteiger partial charge is 0.496 e. The fourth-order valence-electron chi connectivity index (χ4n) is 2.67. The van der Waals surface area contributed by atoms with Crippen molar-refractivity contribution in [2.45, 2.75) is 13.5 Å². The van der Waals surface area contributed by atoms with Crippen LogP contribution in [0.4, 0.5) is 0 Å². The Hall–Kier alpha value is -3.31. The first-order valence-corrected chi connectivity index (χ1v) is 9.39. The van der Waals surface area contributed by atoms with E-state index in [0.29, 0.717) is 28.7 Å². The molecule has 29 heavy (non-hydrogen) atoms. The van der Waals surface area contributed by atoms with E-state index in [9.17, 15) is 4.79 Å². The van der Waals surface area contributed by atoms with Gasteiger partial charge in [0.25, 0.3) is 5.91 Å². The van der Waals surface area contributed by atoms with Gasteiger partial charge in [-0.05, 0) is 48.4 Å². The lowest BCUT2D eigenvalue weighted by Gasteiger charge is -2.08. The Morgan fingerprint density at radius 1 is 1.10 bits per heavy atom. The van der Waals surface area contributed by atoms with Gasteiger partial charge in [-0.15, -0.1) is 0 Å². The molecule has 0 spiro atoms. The van der Waals surface area contributed by atoms with E-state index in [0.717, 1.165) is 16.7 Å². The number of amides is 1. The maximum atomic E-state index is 12.3. The smallest absolute Gasteiger partial charge is 0.275 e. The quantitative estimate of drug-likeness (QED) is 0.442. The van der Waals surface area contributed by atoms with E-state index in [2.05, 4.69) is 10.5 Å². The molecule has 148 valence electrons. The third kappa shape index (κ3) is 5.59. The van der Waals surface area contributed by atoms with Crippen molar-refractivity contribution >= 4 is 23.7 Å². The third-order valence-electron chi connectivity index (χ3n) is 4.19. The number of rotatable bonds is 7. The molecule has 0 saturated heterocycles. The summed E-state index contributed by atoms with van der Waals surface area (Å²) in [5, 5.41) is 4.70. The standard InChI is InChI=1S/C23H21ClN2O3/c1-16-10-11-20(22(12-16)28-2)23(27)26-25-14-17-6-5-8-19(13-17)29-15-18-7-3-4-9-21(18)24/h3-14H,15H2,1-2H3,(H,26,27)/b25-14-. The molecule has 0 unspecified atom stereocenters. The molecule has 0 atom stereocenters. The van der Waals surface area contributed by atoms with E-state index in [1.165, 1.54) is 7.11 Å². The van der Waals surface area contributed by atoms with Crippen molar-refractivity contribution in [2.24, 2.45) is 5.10 Å². The zero-order valence-corrected chi connectivity index (χ0v) is 16.9. The fourth-order valence-corrected chi connectivity index (χ4v) is 2.86. The Kier molecular flexibility index (Phi) is 6.87. The Morgan fingerprint density at radius 3 is 2.72 bits per heavy atom. The molecule has 0 saturated carbocycles.